The predicted molar refractivity (Wildman–Crippen MR) is 71.2 cm³/mol. The van der Waals surface area contributed by atoms with Crippen molar-refractivity contribution in [1.82, 2.24) is 10.2 Å². The Morgan fingerprint density at radius 3 is 2.65 bits per heavy atom. The largest absolute Gasteiger partial charge is 0.381 e. The van der Waals surface area contributed by atoms with Crippen LogP contribution in [0.3, 0.4) is 0 Å². The number of nitrogens with zero attached hydrogens (tertiary/aromatic N) is 1. The Kier molecular flexibility index (Phi) is 5.26. The Balaban J connectivity index is 1.78. The molecule has 2 aliphatic heterocycles. The van der Waals surface area contributed by atoms with E-state index in [1.165, 1.54) is 45.4 Å². The molecule has 2 fully saturated rings. The molecular weight excluding hydrogens is 212 g/mol. The molecule has 0 aromatic rings. The van der Waals surface area contributed by atoms with Crippen molar-refractivity contribution in [2.24, 2.45) is 11.8 Å². The molecule has 0 radical (unpaired) electrons. The summed E-state index contributed by atoms with van der Waals surface area (Å²) in [5, 5.41) is 3.52. The smallest absolute Gasteiger partial charge is 0.0507 e. The van der Waals surface area contributed by atoms with Gasteiger partial charge in [-0.2, -0.15) is 0 Å². The van der Waals surface area contributed by atoms with Crippen LogP contribution < -0.4 is 5.32 Å². The van der Waals surface area contributed by atoms with E-state index < -0.39 is 0 Å². The fourth-order valence-electron chi connectivity index (χ4n) is 2.97. The maximum Gasteiger partial charge on any atom is 0.0507 e. The Labute approximate surface area is 106 Å². The Morgan fingerprint density at radius 2 is 2.06 bits per heavy atom. The van der Waals surface area contributed by atoms with E-state index in [0.29, 0.717) is 6.04 Å². The number of nitrogens with one attached hydrogen (secondary N) is 1. The minimum atomic E-state index is 0.664. The summed E-state index contributed by atoms with van der Waals surface area (Å²) in [4.78, 5) is 2.66. The molecule has 3 heteroatoms. The molecular formula is C14H28N2O. The van der Waals surface area contributed by atoms with Crippen LogP contribution >= 0.6 is 0 Å². The molecule has 2 rings (SSSR count). The van der Waals surface area contributed by atoms with Crippen molar-refractivity contribution in [2.75, 3.05) is 39.4 Å². The lowest BCUT2D eigenvalue weighted by Gasteiger charge is -2.34. The highest BCUT2D eigenvalue weighted by Crippen LogP contribution is 2.18. The molecule has 100 valence electrons. The highest BCUT2D eigenvalue weighted by Gasteiger charge is 2.23. The fraction of sp³-hybridized carbons (Fsp3) is 1.00. The van der Waals surface area contributed by atoms with Crippen molar-refractivity contribution < 1.29 is 4.74 Å². The van der Waals surface area contributed by atoms with Gasteiger partial charge >= 0.3 is 0 Å². The maximum absolute atomic E-state index is 5.49. The zero-order valence-electron chi connectivity index (χ0n) is 11.5. The topological polar surface area (TPSA) is 24.5 Å². The van der Waals surface area contributed by atoms with E-state index in [1.807, 2.05) is 0 Å². The molecule has 1 N–H and O–H groups in total. The van der Waals surface area contributed by atoms with Crippen LogP contribution in [0.2, 0.25) is 0 Å². The van der Waals surface area contributed by atoms with Crippen LogP contribution in [0.4, 0.5) is 0 Å². The highest BCUT2D eigenvalue weighted by molar-refractivity contribution is 4.77. The van der Waals surface area contributed by atoms with Crippen LogP contribution in [-0.4, -0.2) is 50.3 Å². The first-order valence-electron chi connectivity index (χ1n) is 7.28. The van der Waals surface area contributed by atoms with Gasteiger partial charge in [0.2, 0.25) is 0 Å². The minimum absolute atomic E-state index is 0.664. The van der Waals surface area contributed by atoms with Gasteiger partial charge in [-0.25, -0.2) is 0 Å². The molecule has 0 saturated carbocycles. The summed E-state index contributed by atoms with van der Waals surface area (Å²) >= 11 is 0. The van der Waals surface area contributed by atoms with Gasteiger partial charge in [-0.1, -0.05) is 0 Å². The number of rotatable bonds is 5. The van der Waals surface area contributed by atoms with Gasteiger partial charge in [-0.3, -0.25) is 0 Å². The Hall–Kier alpha value is -0.120. The molecule has 0 bridgehead atoms. The molecule has 0 aliphatic carbocycles. The average Bonchev–Trinajstić information content (AvgIpc) is 2.82. The van der Waals surface area contributed by atoms with E-state index in [4.69, 9.17) is 4.74 Å². The van der Waals surface area contributed by atoms with Crippen LogP contribution in [0.25, 0.3) is 0 Å². The predicted octanol–water partition coefficient (Wildman–Crippen LogP) is 1.73. The first kappa shape index (κ1) is 13.3. The molecule has 2 aliphatic rings. The number of hydrogen-bond acceptors (Lipinski definition) is 3. The number of ether oxygens (including phenoxy) is 1. The van der Waals surface area contributed by atoms with Gasteiger partial charge in [-0.05, 0) is 58.0 Å². The SMILES string of the molecule is CC(C)N(CC1CCCNC1)CC1CCOC1. The summed E-state index contributed by atoms with van der Waals surface area (Å²) in [5.41, 5.74) is 0. The molecule has 2 heterocycles. The Morgan fingerprint density at radius 1 is 1.24 bits per heavy atom. The summed E-state index contributed by atoms with van der Waals surface area (Å²) in [7, 11) is 0. The van der Waals surface area contributed by atoms with Crippen LogP contribution in [0, 0.1) is 11.8 Å². The highest BCUT2D eigenvalue weighted by atomic mass is 16.5. The lowest BCUT2D eigenvalue weighted by Crippen LogP contribution is -2.43. The lowest BCUT2D eigenvalue weighted by molar-refractivity contribution is 0.131. The average molecular weight is 240 g/mol. The van der Waals surface area contributed by atoms with Gasteiger partial charge in [0.05, 0.1) is 6.61 Å². The monoisotopic (exact) mass is 240 g/mol. The van der Waals surface area contributed by atoms with Crippen LogP contribution in [0.1, 0.15) is 33.1 Å². The van der Waals surface area contributed by atoms with Gasteiger partial charge in [0.1, 0.15) is 0 Å². The van der Waals surface area contributed by atoms with E-state index in [1.54, 1.807) is 0 Å². The zero-order valence-corrected chi connectivity index (χ0v) is 11.5. The van der Waals surface area contributed by atoms with E-state index in [9.17, 15) is 0 Å². The molecule has 17 heavy (non-hydrogen) atoms. The van der Waals surface area contributed by atoms with Gasteiger partial charge in [0.25, 0.3) is 0 Å². The van der Waals surface area contributed by atoms with E-state index in [-0.39, 0.29) is 0 Å². The van der Waals surface area contributed by atoms with Crippen molar-refractivity contribution >= 4 is 0 Å². The molecule has 0 aromatic carbocycles. The molecule has 2 saturated heterocycles. The van der Waals surface area contributed by atoms with E-state index in [0.717, 1.165) is 25.0 Å². The van der Waals surface area contributed by atoms with E-state index >= 15 is 0 Å². The summed E-state index contributed by atoms with van der Waals surface area (Å²) in [6.07, 6.45) is 4.01. The van der Waals surface area contributed by atoms with Gasteiger partial charge in [0.15, 0.2) is 0 Å². The normalized spacial score (nSPS) is 30.4. The van der Waals surface area contributed by atoms with Gasteiger partial charge < -0.3 is 15.0 Å². The maximum atomic E-state index is 5.49. The van der Waals surface area contributed by atoms with Crippen molar-refractivity contribution in [3.63, 3.8) is 0 Å². The first-order valence-corrected chi connectivity index (χ1v) is 7.28. The van der Waals surface area contributed by atoms with Crippen molar-refractivity contribution in [3.8, 4) is 0 Å². The first-order chi connectivity index (χ1) is 8.25. The van der Waals surface area contributed by atoms with E-state index in [2.05, 4.69) is 24.1 Å². The second-order valence-corrected chi connectivity index (χ2v) is 5.99. The fourth-order valence-corrected chi connectivity index (χ4v) is 2.97. The third kappa shape index (κ3) is 4.23. The van der Waals surface area contributed by atoms with Gasteiger partial charge in [0, 0.05) is 25.7 Å². The third-order valence-corrected chi connectivity index (χ3v) is 4.14. The summed E-state index contributed by atoms with van der Waals surface area (Å²) < 4.78 is 5.49. The summed E-state index contributed by atoms with van der Waals surface area (Å²) in [5.74, 6) is 1.63. The Bertz CT molecular complexity index is 208. The molecule has 0 amide bonds. The minimum Gasteiger partial charge on any atom is -0.381 e. The van der Waals surface area contributed by atoms with Crippen LogP contribution in [0.5, 0.6) is 0 Å². The molecule has 0 aromatic heterocycles. The number of piperidine rings is 1. The quantitative estimate of drug-likeness (QED) is 0.792. The number of hydrogen-bond donors (Lipinski definition) is 1. The lowest BCUT2D eigenvalue weighted by atomic mass is 9.97. The molecule has 3 nitrogen and oxygen atoms in total. The van der Waals surface area contributed by atoms with Crippen molar-refractivity contribution in [2.45, 2.75) is 39.2 Å². The van der Waals surface area contributed by atoms with Gasteiger partial charge in [-0.15, -0.1) is 0 Å². The summed E-state index contributed by atoms with van der Waals surface area (Å²) in [6.45, 7) is 11.5. The second kappa shape index (κ2) is 6.72. The summed E-state index contributed by atoms with van der Waals surface area (Å²) in [6, 6.07) is 0.664. The standard InChI is InChI=1S/C14H28N2O/c1-12(2)16(10-14-5-7-17-11-14)9-13-4-3-6-15-8-13/h12-15H,3-11H2,1-2H3. The third-order valence-electron chi connectivity index (χ3n) is 4.14. The molecule has 2 atom stereocenters. The van der Waals surface area contributed by atoms with Crippen LogP contribution in [-0.2, 0) is 4.74 Å². The molecule has 2 unspecified atom stereocenters. The second-order valence-electron chi connectivity index (χ2n) is 5.99. The van der Waals surface area contributed by atoms with Crippen molar-refractivity contribution in [1.29, 1.82) is 0 Å². The van der Waals surface area contributed by atoms with Crippen molar-refractivity contribution in [3.05, 3.63) is 0 Å². The van der Waals surface area contributed by atoms with Crippen LogP contribution in [0.15, 0.2) is 0 Å². The molecule has 0 spiro atoms. The zero-order chi connectivity index (χ0) is 12.1.